The van der Waals surface area contributed by atoms with Crippen molar-refractivity contribution >= 4 is 11.8 Å². The maximum absolute atomic E-state index is 10.3. The van der Waals surface area contributed by atoms with Crippen molar-refractivity contribution in [2.45, 2.75) is 12.2 Å². The fraction of sp³-hybridized carbons (Fsp3) is 0.600. The van der Waals surface area contributed by atoms with Gasteiger partial charge >= 0.3 is 5.97 Å². The topological polar surface area (TPSA) is 115 Å². The molecule has 0 aliphatic heterocycles. The summed E-state index contributed by atoms with van der Waals surface area (Å²) >= 11 is 0. The van der Waals surface area contributed by atoms with Crippen LogP contribution in [0.15, 0.2) is 0 Å². The first kappa shape index (κ1) is 10.0. The number of aliphatic carboxylic acids is 1. The smallest absolute Gasteiger partial charge is 0.335 e. The molecule has 0 amide bonds. The largest absolute Gasteiger partial charge is 0.479 e. The first-order valence-corrected chi connectivity index (χ1v) is 2.73. The minimum Gasteiger partial charge on any atom is -0.479 e. The molecule has 0 saturated heterocycles. The molecule has 0 radical (unpaired) electrons. The fourth-order valence-corrected chi connectivity index (χ4v) is 0.405. The molecule has 0 fully saturated rings. The Morgan fingerprint density at radius 1 is 1.18 bits per heavy atom. The minimum absolute atomic E-state index is 0.995. The summed E-state index contributed by atoms with van der Waals surface area (Å²) in [6.45, 7) is -0.995. The highest BCUT2D eigenvalue weighted by atomic mass is 16.4. The highest BCUT2D eigenvalue weighted by Crippen LogP contribution is 1.94. The number of carboxylic acid groups (broad SMARTS) is 1. The van der Waals surface area contributed by atoms with E-state index in [-0.39, 0.29) is 0 Å². The molecule has 4 N–H and O–H groups in total. The SMILES string of the molecule is O=C(CO)[C@@H](O)[C@@H](O)C(=O)O. The molecule has 6 nitrogen and oxygen atoms in total. The van der Waals surface area contributed by atoms with Crippen LogP contribution in [0.3, 0.4) is 0 Å². The molecule has 0 aliphatic rings. The molecular weight excluding hydrogens is 156 g/mol. The van der Waals surface area contributed by atoms with Crippen molar-refractivity contribution in [3.8, 4) is 0 Å². The van der Waals surface area contributed by atoms with E-state index in [0.29, 0.717) is 0 Å². The van der Waals surface area contributed by atoms with E-state index in [1.54, 1.807) is 0 Å². The van der Waals surface area contributed by atoms with Gasteiger partial charge in [0.2, 0.25) is 0 Å². The maximum atomic E-state index is 10.3. The average Bonchev–Trinajstić information content (AvgIpc) is 2.00. The van der Waals surface area contributed by atoms with E-state index in [1.807, 2.05) is 0 Å². The summed E-state index contributed by atoms with van der Waals surface area (Å²) in [5.41, 5.74) is 0. The second-order valence-corrected chi connectivity index (χ2v) is 1.85. The van der Waals surface area contributed by atoms with Crippen molar-refractivity contribution in [1.82, 2.24) is 0 Å². The van der Waals surface area contributed by atoms with Gasteiger partial charge in [-0.3, -0.25) is 4.79 Å². The number of aliphatic hydroxyl groups excluding tert-OH is 3. The lowest BCUT2D eigenvalue weighted by molar-refractivity contribution is -0.158. The van der Waals surface area contributed by atoms with Crippen LogP contribution in [0, 0.1) is 0 Å². The van der Waals surface area contributed by atoms with Crippen molar-refractivity contribution in [2.24, 2.45) is 0 Å². The van der Waals surface area contributed by atoms with Gasteiger partial charge in [-0.25, -0.2) is 4.79 Å². The Hall–Kier alpha value is -0.980. The van der Waals surface area contributed by atoms with Gasteiger partial charge in [-0.1, -0.05) is 0 Å². The van der Waals surface area contributed by atoms with Gasteiger partial charge in [0, 0.05) is 0 Å². The molecule has 6 heteroatoms. The summed E-state index contributed by atoms with van der Waals surface area (Å²) in [6.07, 6.45) is -4.23. The molecule has 0 aromatic carbocycles. The van der Waals surface area contributed by atoms with Crippen LogP contribution in [0.25, 0.3) is 0 Å². The van der Waals surface area contributed by atoms with Crippen LogP contribution in [0.1, 0.15) is 0 Å². The van der Waals surface area contributed by atoms with Crippen LogP contribution in [0.4, 0.5) is 0 Å². The molecule has 11 heavy (non-hydrogen) atoms. The Morgan fingerprint density at radius 2 is 1.64 bits per heavy atom. The number of ketones is 1. The van der Waals surface area contributed by atoms with Gasteiger partial charge in [0.05, 0.1) is 0 Å². The normalized spacial score (nSPS) is 15.5. The average molecular weight is 164 g/mol. The predicted molar refractivity (Wildman–Crippen MR) is 31.7 cm³/mol. The standard InChI is InChI=1S/C5H8O6/c6-1-2(7)3(8)4(9)5(10)11/h3-4,6,8-9H,1H2,(H,10,11)/t3-,4-/m1/s1. The number of aliphatic hydroxyl groups is 3. The molecule has 0 unspecified atom stereocenters. The summed E-state index contributed by atoms with van der Waals surface area (Å²) in [7, 11) is 0. The number of Topliss-reactive ketones (excluding diaryl/α,β-unsaturated/α-hetero) is 1. The zero-order chi connectivity index (χ0) is 9.02. The van der Waals surface area contributed by atoms with E-state index in [0.717, 1.165) is 0 Å². The number of carbonyl (C=O) groups excluding carboxylic acids is 1. The molecule has 0 aromatic heterocycles. The van der Waals surface area contributed by atoms with Gasteiger partial charge in [-0.05, 0) is 0 Å². The molecule has 0 spiro atoms. The van der Waals surface area contributed by atoms with Gasteiger partial charge in [0.1, 0.15) is 6.61 Å². The van der Waals surface area contributed by atoms with Crippen LogP contribution in [0.2, 0.25) is 0 Å². The minimum atomic E-state index is -2.17. The van der Waals surface area contributed by atoms with E-state index < -0.39 is 30.6 Å². The lowest BCUT2D eigenvalue weighted by atomic mass is 10.1. The second-order valence-electron chi connectivity index (χ2n) is 1.85. The van der Waals surface area contributed by atoms with E-state index in [4.69, 9.17) is 20.4 Å². The first-order chi connectivity index (χ1) is 5.00. The maximum Gasteiger partial charge on any atom is 0.335 e. The van der Waals surface area contributed by atoms with Gasteiger partial charge < -0.3 is 20.4 Å². The summed E-state index contributed by atoms with van der Waals surface area (Å²) in [5, 5.41) is 33.3. The molecule has 2 atom stereocenters. The molecular formula is C5H8O6. The lowest BCUT2D eigenvalue weighted by Crippen LogP contribution is -2.40. The zero-order valence-corrected chi connectivity index (χ0v) is 5.47. The van der Waals surface area contributed by atoms with Gasteiger partial charge in [0.25, 0.3) is 0 Å². The van der Waals surface area contributed by atoms with Crippen LogP contribution in [0.5, 0.6) is 0 Å². The Labute approximate surface area is 61.7 Å². The summed E-state index contributed by atoms with van der Waals surface area (Å²) in [5.74, 6) is -2.83. The predicted octanol–water partition coefficient (Wildman–Crippen LogP) is -2.65. The number of carboxylic acids is 1. The third-order valence-corrected chi connectivity index (χ3v) is 1.04. The zero-order valence-electron chi connectivity index (χ0n) is 5.47. The van der Waals surface area contributed by atoms with Crippen molar-refractivity contribution in [1.29, 1.82) is 0 Å². The van der Waals surface area contributed by atoms with Crippen molar-refractivity contribution < 1.29 is 30.0 Å². The molecule has 0 heterocycles. The third-order valence-electron chi connectivity index (χ3n) is 1.04. The van der Waals surface area contributed by atoms with E-state index in [9.17, 15) is 9.59 Å². The van der Waals surface area contributed by atoms with Crippen LogP contribution in [-0.4, -0.2) is 51.0 Å². The van der Waals surface area contributed by atoms with E-state index >= 15 is 0 Å². The van der Waals surface area contributed by atoms with Crippen LogP contribution in [-0.2, 0) is 9.59 Å². The highest BCUT2D eigenvalue weighted by Gasteiger charge is 2.28. The number of carbonyl (C=O) groups is 2. The highest BCUT2D eigenvalue weighted by molar-refractivity contribution is 5.89. The quantitative estimate of drug-likeness (QED) is 0.361. The Bertz CT molecular complexity index is 164. The molecule has 0 saturated carbocycles. The summed E-state index contributed by atoms with van der Waals surface area (Å²) < 4.78 is 0. The molecule has 64 valence electrons. The summed E-state index contributed by atoms with van der Waals surface area (Å²) in [4.78, 5) is 20.3. The molecule has 0 rings (SSSR count). The third kappa shape index (κ3) is 2.62. The number of hydrogen-bond donors (Lipinski definition) is 4. The Kier molecular flexibility index (Phi) is 3.66. The second kappa shape index (κ2) is 4.02. The number of hydrogen-bond acceptors (Lipinski definition) is 5. The Balaban J connectivity index is 4.12. The summed E-state index contributed by atoms with van der Waals surface area (Å²) in [6, 6.07) is 0. The van der Waals surface area contributed by atoms with Crippen molar-refractivity contribution in [3.05, 3.63) is 0 Å². The molecule has 0 aromatic rings. The van der Waals surface area contributed by atoms with Crippen LogP contribution >= 0.6 is 0 Å². The fourth-order valence-electron chi connectivity index (χ4n) is 0.405. The van der Waals surface area contributed by atoms with E-state index in [2.05, 4.69) is 0 Å². The van der Waals surface area contributed by atoms with Crippen molar-refractivity contribution in [3.63, 3.8) is 0 Å². The Morgan fingerprint density at radius 3 is 1.91 bits per heavy atom. The molecule has 0 bridgehead atoms. The van der Waals surface area contributed by atoms with Crippen molar-refractivity contribution in [2.75, 3.05) is 6.61 Å². The van der Waals surface area contributed by atoms with E-state index in [1.165, 1.54) is 0 Å². The van der Waals surface area contributed by atoms with Gasteiger partial charge in [-0.15, -0.1) is 0 Å². The van der Waals surface area contributed by atoms with Gasteiger partial charge in [-0.2, -0.15) is 0 Å². The van der Waals surface area contributed by atoms with Crippen LogP contribution < -0.4 is 0 Å². The van der Waals surface area contributed by atoms with Gasteiger partial charge in [0.15, 0.2) is 18.0 Å². The number of rotatable bonds is 4. The molecule has 0 aliphatic carbocycles. The lowest BCUT2D eigenvalue weighted by Gasteiger charge is -2.10. The monoisotopic (exact) mass is 164 g/mol. The first-order valence-electron chi connectivity index (χ1n) is 2.73.